The Morgan fingerprint density at radius 3 is 2.36 bits per heavy atom. The zero-order valence-electron chi connectivity index (χ0n) is 19.5. The van der Waals surface area contributed by atoms with Crippen molar-refractivity contribution in [1.29, 1.82) is 0 Å². The Morgan fingerprint density at radius 2 is 1.69 bits per heavy atom. The number of halogens is 2. The molecule has 0 radical (unpaired) electrons. The fourth-order valence-corrected chi connectivity index (χ4v) is 4.29. The molecule has 3 aromatic rings. The first-order valence-electron chi connectivity index (χ1n) is 11.2. The van der Waals surface area contributed by atoms with Crippen molar-refractivity contribution in [2.75, 3.05) is 43.5 Å². The average molecular weight is 527 g/mol. The summed E-state index contributed by atoms with van der Waals surface area (Å²) >= 11 is 11.6. The van der Waals surface area contributed by atoms with Crippen LogP contribution >= 0.6 is 23.8 Å². The molecule has 1 heterocycles. The van der Waals surface area contributed by atoms with E-state index in [4.69, 9.17) is 28.6 Å². The molecule has 0 aromatic heterocycles. The van der Waals surface area contributed by atoms with Gasteiger partial charge in [0.25, 0.3) is 11.8 Å². The van der Waals surface area contributed by atoms with Crippen molar-refractivity contribution in [2.24, 2.45) is 0 Å². The van der Waals surface area contributed by atoms with Crippen LogP contribution < -0.4 is 20.3 Å². The maximum Gasteiger partial charge on any atom is 0.257 e. The van der Waals surface area contributed by atoms with Gasteiger partial charge in [0, 0.05) is 36.8 Å². The maximum absolute atomic E-state index is 14.1. The first-order valence-corrected chi connectivity index (χ1v) is 12.0. The molecule has 0 spiro atoms. The number of methoxy groups -OCH3 is 1. The molecule has 0 bridgehead atoms. The summed E-state index contributed by atoms with van der Waals surface area (Å²) in [5.74, 6) is -0.575. The highest BCUT2D eigenvalue weighted by Crippen LogP contribution is 2.30. The number of carbonyl (C=O) groups excluding carboxylic acids is 2. The minimum absolute atomic E-state index is 0.0674. The van der Waals surface area contributed by atoms with Crippen LogP contribution in [-0.4, -0.2) is 55.1 Å². The number of nitrogens with zero attached hydrogens (tertiary/aromatic N) is 2. The van der Waals surface area contributed by atoms with E-state index < -0.39 is 5.82 Å². The lowest BCUT2D eigenvalue weighted by Crippen LogP contribution is -2.49. The van der Waals surface area contributed by atoms with Gasteiger partial charge in [-0.2, -0.15) is 0 Å². The van der Waals surface area contributed by atoms with Crippen molar-refractivity contribution in [3.8, 4) is 5.75 Å². The minimum atomic E-state index is -0.528. The molecule has 2 N–H and O–H groups in total. The van der Waals surface area contributed by atoms with E-state index in [9.17, 15) is 14.0 Å². The zero-order chi connectivity index (χ0) is 25.7. The van der Waals surface area contributed by atoms with E-state index in [1.54, 1.807) is 60.5 Å². The molecule has 4 rings (SSSR count). The molecule has 10 heteroatoms. The summed E-state index contributed by atoms with van der Waals surface area (Å²) in [7, 11) is 1.55. The van der Waals surface area contributed by atoms with Crippen LogP contribution in [0.5, 0.6) is 5.75 Å². The standard InChI is InChI=1S/C26H24ClFN4O3S/c1-35-19-9-6-17(7-10-19)24(33)30-26(36)29-22-16-18(27)8-11-23(22)31-12-14-32(15-13-31)25(34)20-4-2-3-5-21(20)28/h2-11,16H,12-15H2,1H3,(H2,29,30,33,36). The molecule has 0 unspecified atom stereocenters. The minimum Gasteiger partial charge on any atom is -0.497 e. The Balaban J connectivity index is 1.41. The normalized spacial score (nSPS) is 13.2. The quantitative estimate of drug-likeness (QED) is 0.474. The van der Waals surface area contributed by atoms with Crippen molar-refractivity contribution in [3.05, 3.63) is 88.7 Å². The average Bonchev–Trinajstić information content (AvgIpc) is 2.89. The monoisotopic (exact) mass is 526 g/mol. The molecule has 1 fully saturated rings. The molecule has 0 saturated carbocycles. The second-order valence-corrected chi connectivity index (χ2v) is 8.90. The van der Waals surface area contributed by atoms with E-state index in [-0.39, 0.29) is 22.5 Å². The first kappa shape index (κ1) is 25.4. The second-order valence-electron chi connectivity index (χ2n) is 8.06. The van der Waals surface area contributed by atoms with E-state index >= 15 is 0 Å². The molecule has 0 aliphatic carbocycles. The number of thiocarbonyl (C=S) groups is 1. The number of benzene rings is 3. The van der Waals surface area contributed by atoms with Gasteiger partial charge in [-0.1, -0.05) is 23.7 Å². The number of nitrogens with one attached hydrogen (secondary N) is 2. The number of rotatable bonds is 5. The molecule has 36 heavy (non-hydrogen) atoms. The van der Waals surface area contributed by atoms with Gasteiger partial charge in [-0.25, -0.2) is 4.39 Å². The van der Waals surface area contributed by atoms with Gasteiger partial charge >= 0.3 is 0 Å². The number of carbonyl (C=O) groups is 2. The van der Waals surface area contributed by atoms with E-state index in [1.165, 1.54) is 12.1 Å². The fourth-order valence-electron chi connectivity index (χ4n) is 3.91. The van der Waals surface area contributed by atoms with E-state index in [0.717, 1.165) is 5.69 Å². The first-order chi connectivity index (χ1) is 17.4. The summed E-state index contributed by atoms with van der Waals surface area (Å²) in [6.07, 6.45) is 0. The summed E-state index contributed by atoms with van der Waals surface area (Å²) in [6.45, 7) is 1.91. The summed E-state index contributed by atoms with van der Waals surface area (Å²) < 4.78 is 19.2. The highest BCUT2D eigenvalue weighted by atomic mass is 35.5. The number of hydrogen-bond donors (Lipinski definition) is 2. The van der Waals surface area contributed by atoms with Gasteiger partial charge in [0.2, 0.25) is 0 Å². The molecule has 1 aliphatic heterocycles. The van der Waals surface area contributed by atoms with Gasteiger partial charge in [0.1, 0.15) is 11.6 Å². The Labute approximate surface area is 218 Å². The highest BCUT2D eigenvalue weighted by molar-refractivity contribution is 7.80. The lowest BCUT2D eigenvalue weighted by molar-refractivity contribution is 0.0742. The van der Waals surface area contributed by atoms with Crippen LogP contribution in [0.2, 0.25) is 5.02 Å². The maximum atomic E-state index is 14.1. The van der Waals surface area contributed by atoms with Crippen LogP contribution in [0.1, 0.15) is 20.7 Å². The molecule has 7 nitrogen and oxygen atoms in total. The number of ether oxygens (including phenoxy) is 1. The molecule has 3 aromatic carbocycles. The van der Waals surface area contributed by atoms with E-state index in [0.29, 0.717) is 48.2 Å². The predicted octanol–water partition coefficient (Wildman–Crippen LogP) is 4.58. The molecule has 2 amide bonds. The molecule has 0 atom stereocenters. The summed E-state index contributed by atoms with van der Waals surface area (Å²) in [6, 6.07) is 18.0. The summed E-state index contributed by atoms with van der Waals surface area (Å²) in [5.41, 5.74) is 1.94. The van der Waals surface area contributed by atoms with Crippen LogP contribution in [0.25, 0.3) is 0 Å². The highest BCUT2D eigenvalue weighted by Gasteiger charge is 2.25. The summed E-state index contributed by atoms with van der Waals surface area (Å²) in [4.78, 5) is 29.0. The third-order valence-corrected chi connectivity index (χ3v) is 6.24. The fraction of sp³-hybridized carbons (Fsp3) is 0.192. The van der Waals surface area contributed by atoms with Gasteiger partial charge in [-0.15, -0.1) is 0 Å². The Morgan fingerprint density at radius 1 is 1.00 bits per heavy atom. The van der Waals surface area contributed by atoms with Crippen LogP contribution in [0.3, 0.4) is 0 Å². The van der Waals surface area contributed by atoms with Crippen molar-refractivity contribution in [1.82, 2.24) is 10.2 Å². The molecule has 1 saturated heterocycles. The summed E-state index contributed by atoms with van der Waals surface area (Å²) in [5, 5.41) is 6.34. The Hall–Kier alpha value is -3.69. The smallest absolute Gasteiger partial charge is 0.257 e. The second kappa shape index (κ2) is 11.4. The van der Waals surface area contributed by atoms with Gasteiger partial charge in [-0.3, -0.25) is 14.9 Å². The topological polar surface area (TPSA) is 73.9 Å². The molecular formula is C26H24ClFN4O3S. The number of amides is 2. The SMILES string of the molecule is COc1ccc(C(=O)NC(=S)Nc2cc(Cl)ccc2N2CCN(C(=O)c3ccccc3F)CC2)cc1. The van der Waals surface area contributed by atoms with Gasteiger partial charge in [0.15, 0.2) is 5.11 Å². The third kappa shape index (κ3) is 5.92. The lowest BCUT2D eigenvalue weighted by atomic mass is 10.1. The predicted molar refractivity (Wildman–Crippen MR) is 143 cm³/mol. The van der Waals surface area contributed by atoms with Crippen molar-refractivity contribution in [3.63, 3.8) is 0 Å². The number of anilines is 2. The van der Waals surface area contributed by atoms with Crippen molar-refractivity contribution < 1.29 is 18.7 Å². The third-order valence-electron chi connectivity index (χ3n) is 5.80. The largest absolute Gasteiger partial charge is 0.497 e. The Kier molecular flexibility index (Phi) is 8.02. The van der Waals surface area contributed by atoms with Crippen molar-refractivity contribution in [2.45, 2.75) is 0 Å². The number of piperazine rings is 1. The van der Waals surface area contributed by atoms with E-state index in [2.05, 4.69) is 15.5 Å². The van der Waals surface area contributed by atoms with Crippen molar-refractivity contribution >= 4 is 52.1 Å². The lowest BCUT2D eigenvalue weighted by Gasteiger charge is -2.37. The number of hydrogen-bond acceptors (Lipinski definition) is 5. The van der Waals surface area contributed by atoms with Crippen LogP contribution in [0, 0.1) is 5.82 Å². The molecule has 1 aliphatic rings. The van der Waals surface area contributed by atoms with Gasteiger partial charge in [-0.05, 0) is 66.8 Å². The molecule has 186 valence electrons. The van der Waals surface area contributed by atoms with Crippen LogP contribution in [0.4, 0.5) is 15.8 Å². The molecular weight excluding hydrogens is 503 g/mol. The van der Waals surface area contributed by atoms with Crippen LogP contribution in [-0.2, 0) is 0 Å². The van der Waals surface area contributed by atoms with E-state index in [1.807, 2.05) is 6.07 Å². The zero-order valence-corrected chi connectivity index (χ0v) is 21.0. The Bertz CT molecular complexity index is 1280. The van der Waals surface area contributed by atoms with Gasteiger partial charge in [0.05, 0.1) is 24.0 Å². The van der Waals surface area contributed by atoms with Gasteiger partial charge < -0.3 is 19.9 Å². The van der Waals surface area contributed by atoms with Crippen LogP contribution in [0.15, 0.2) is 66.7 Å².